The normalized spacial score (nSPS) is 11.9. The maximum absolute atomic E-state index is 2.44. The highest BCUT2D eigenvalue weighted by Crippen LogP contribution is 2.44. The molecule has 3 heterocycles. The van der Waals surface area contributed by atoms with Crippen molar-refractivity contribution in [2.45, 2.75) is 0 Å². The third-order valence-corrected chi connectivity index (χ3v) is 11.7. The van der Waals surface area contributed by atoms with E-state index in [1.165, 1.54) is 80.5 Å². The second-order valence-corrected chi connectivity index (χ2v) is 14.4. The Morgan fingerprint density at radius 2 is 0.824 bits per heavy atom. The highest BCUT2D eigenvalue weighted by atomic mass is 32.1. The first-order chi connectivity index (χ1) is 25.3. The van der Waals surface area contributed by atoms with Crippen LogP contribution in [0, 0.1) is 0 Å². The van der Waals surface area contributed by atoms with Gasteiger partial charge >= 0.3 is 0 Å². The fourth-order valence-electron chi connectivity index (χ4n) is 8.15. The minimum absolute atomic E-state index is 1.12. The molecule has 3 aromatic heterocycles. The van der Waals surface area contributed by atoms with Crippen LogP contribution in [0.4, 0.5) is 17.1 Å². The Labute approximate surface area is 299 Å². The summed E-state index contributed by atoms with van der Waals surface area (Å²) in [5, 5.41) is 7.79. The molecule has 0 aliphatic carbocycles. The Kier molecular flexibility index (Phi) is 6.16. The Morgan fingerprint density at radius 3 is 1.47 bits per heavy atom. The lowest BCUT2D eigenvalue weighted by Gasteiger charge is -2.26. The molecule has 8 aromatic carbocycles. The number of benzene rings is 8. The molecule has 0 amide bonds. The zero-order valence-corrected chi connectivity index (χ0v) is 28.4. The largest absolute Gasteiger partial charge is 0.310 e. The van der Waals surface area contributed by atoms with Crippen molar-refractivity contribution >= 4 is 86.7 Å². The number of anilines is 3. The Balaban J connectivity index is 1.06. The topological polar surface area (TPSA) is 7.65 Å². The Hall–Kier alpha value is -6.42. The quantitative estimate of drug-likeness (QED) is 0.177. The minimum atomic E-state index is 1.12. The smallest absolute Gasteiger partial charge is 0.0620 e. The van der Waals surface area contributed by atoms with E-state index in [1.807, 2.05) is 11.3 Å². The first-order valence-electron chi connectivity index (χ1n) is 17.4. The predicted octanol–water partition coefficient (Wildman–Crippen LogP) is 14.0. The SMILES string of the molecule is c1ccc(-c2ccc(N(c3ccc(-c4cc5c6ccccc6n6c7ccccc7c(c4)c56)cc3)c3ccc4sc5ccccc5c4c3)cc2)cc1. The number of hydrogen-bond donors (Lipinski definition) is 0. The summed E-state index contributed by atoms with van der Waals surface area (Å²) in [7, 11) is 0. The molecule has 0 aliphatic heterocycles. The fourth-order valence-corrected chi connectivity index (χ4v) is 9.24. The lowest BCUT2D eigenvalue weighted by molar-refractivity contribution is 1.29. The molecule has 11 rings (SSSR count). The molecule has 0 bridgehead atoms. The zero-order valence-electron chi connectivity index (χ0n) is 27.6. The molecule has 0 fully saturated rings. The minimum Gasteiger partial charge on any atom is -0.310 e. The summed E-state index contributed by atoms with van der Waals surface area (Å²) in [6.45, 7) is 0. The zero-order chi connectivity index (χ0) is 33.5. The molecule has 0 unspecified atom stereocenters. The van der Waals surface area contributed by atoms with Gasteiger partial charge in [0.1, 0.15) is 0 Å². The van der Waals surface area contributed by atoms with Crippen LogP contribution in [0.3, 0.4) is 0 Å². The van der Waals surface area contributed by atoms with Crippen molar-refractivity contribution in [1.82, 2.24) is 4.40 Å². The van der Waals surface area contributed by atoms with Crippen molar-refractivity contribution in [2.24, 2.45) is 0 Å². The molecule has 11 aromatic rings. The maximum atomic E-state index is 2.44. The summed E-state index contributed by atoms with van der Waals surface area (Å²) in [5.41, 5.74) is 12.1. The van der Waals surface area contributed by atoms with E-state index in [9.17, 15) is 0 Å². The third kappa shape index (κ3) is 4.35. The highest BCUT2D eigenvalue weighted by molar-refractivity contribution is 7.25. The molecule has 0 atom stereocenters. The van der Waals surface area contributed by atoms with Gasteiger partial charge in [-0.2, -0.15) is 0 Å². The van der Waals surface area contributed by atoms with Gasteiger partial charge in [-0.1, -0.05) is 109 Å². The fraction of sp³-hybridized carbons (Fsp3) is 0. The lowest BCUT2D eigenvalue weighted by Crippen LogP contribution is -2.09. The van der Waals surface area contributed by atoms with Crippen LogP contribution in [0.25, 0.3) is 80.5 Å². The van der Waals surface area contributed by atoms with E-state index in [1.54, 1.807) is 0 Å². The maximum Gasteiger partial charge on any atom is 0.0620 e. The highest BCUT2D eigenvalue weighted by Gasteiger charge is 2.19. The summed E-state index contributed by atoms with van der Waals surface area (Å²) < 4.78 is 5.07. The van der Waals surface area contributed by atoms with Crippen molar-refractivity contribution in [3.8, 4) is 22.3 Å². The molecule has 51 heavy (non-hydrogen) atoms. The molecule has 0 aliphatic rings. The van der Waals surface area contributed by atoms with Gasteiger partial charge in [-0.15, -0.1) is 11.3 Å². The molecule has 0 spiro atoms. The average Bonchev–Trinajstić information content (AvgIpc) is 3.86. The summed E-state index contributed by atoms with van der Waals surface area (Å²) >= 11 is 1.86. The van der Waals surface area contributed by atoms with Crippen LogP contribution in [-0.4, -0.2) is 4.40 Å². The number of nitrogens with zero attached hydrogens (tertiary/aromatic N) is 2. The Bertz CT molecular complexity index is 2980. The molecular weight excluding hydrogens is 637 g/mol. The van der Waals surface area contributed by atoms with Crippen LogP contribution in [0.15, 0.2) is 182 Å². The summed E-state index contributed by atoms with van der Waals surface area (Å²) in [4.78, 5) is 2.39. The van der Waals surface area contributed by atoms with Crippen LogP contribution in [0.5, 0.6) is 0 Å². The first kappa shape index (κ1) is 28.4. The van der Waals surface area contributed by atoms with Crippen molar-refractivity contribution in [3.63, 3.8) is 0 Å². The van der Waals surface area contributed by atoms with Crippen LogP contribution in [0.2, 0.25) is 0 Å². The summed E-state index contributed by atoms with van der Waals surface area (Å²) in [6.07, 6.45) is 0. The van der Waals surface area contributed by atoms with Gasteiger partial charge in [0.2, 0.25) is 0 Å². The number of aromatic nitrogens is 1. The predicted molar refractivity (Wildman–Crippen MR) is 220 cm³/mol. The standard InChI is InChI=1S/C48H30N2S/c1-2-10-31(11-3-1)32-18-22-35(23-19-32)49(37-26-27-47-41(30-37)40-14-6-9-17-46(40)51-47)36-24-20-33(21-25-36)34-28-42-38-12-4-7-15-44(38)50-45-16-8-5-13-39(45)43(29-34)48(42)50/h1-30H. The molecule has 0 N–H and O–H groups in total. The second-order valence-electron chi connectivity index (χ2n) is 13.4. The molecule has 2 nitrogen and oxygen atoms in total. The Morgan fingerprint density at radius 1 is 0.333 bits per heavy atom. The van der Waals surface area contributed by atoms with Crippen molar-refractivity contribution in [1.29, 1.82) is 0 Å². The number of thiophene rings is 1. The third-order valence-electron chi connectivity index (χ3n) is 10.5. The van der Waals surface area contributed by atoms with Gasteiger partial charge < -0.3 is 9.30 Å². The van der Waals surface area contributed by atoms with Gasteiger partial charge in [0.05, 0.1) is 16.6 Å². The van der Waals surface area contributed by atoms with E-state index in [2.05, 4.69) is 191 Å². The number of para-hydroxylation sites is 2. The van der Waals surface area contributed by atoms with Crippen LogP contribution in [0.1, 0.15) is 0 Å². The first-order valence-corrected chi connectivity index (χ1v) is 18.2. The number of hydrogen-bond acceptors (Lipinski definition) is 2. The van der Waals surface area contributed by atoms with Gasteiger partial charge in [-0.05, 0) is 95.1 Å². The van der Waals surface area contributed by atoms with Crippen molar-refractivity contribution in [3.05, 3.63) is 182 Å². The molecular formula is C48H30N2S. The molecule has 0 saturated heterocycles. The van der Waals surface area contributed by atoms with Crippen molar-refractivity contribution in [2.75, 3.05) is 4.90 Å². The summed E-state index contributed by atoms with van der Waals surface area (Å²) in [6, 6.07) is 66.7. The monoisotopic (exact) mass is 666 g/mol. The second kappa shape index (κ2) is 11.0. The van der Waals surface area contributed by atoms with Crippen molar-refractivity contribution < 1.29 is 0 Å². The van der Waals surface area contributed by atoms with E-state index in [0.29, 0.717) is 0 Å². The van der Waals surface area contributed by atoms with Gasteiger partial charge in [0.25, 0.3) is 0 Å². The molecule has 0 radical (unpaired) electrons. The van der Waals surface area contributed by atoms with Gasteiger partial charge in [0.15, 0.2) is 0 Å². The van der Waals surface area contributed by atoms with Gasteiger partial charge in [-0.3, -0.25) is 0 Å². The number of fused-ring (bicyclic) bond motifs is 9. The number of rotatable bonds is 5. The van der Waals surface area contributed by atoms with E-state index in [0.717, 1.165) is 17.1 Å². The van der Waals surface area contributed by atoms with Gasteiger partial charge in [0, 0.05) is 58.8 Å². The van der Waals surface area contributed by atoms with Gasteiger partial charge in [-0.25, -0.2) is 0 Å². The van der Waals surface area contributed by atoms with Crippen LogP contribution >= 0.6 is 11.3 Å². The van der Waals surface area contributed by atoms with E-state index >= 15 is 0 Å². The molecule has 238 valence electrons. The van der Waals surface area contributed by atoms with Crippen LogP contribution < -0.4 is 4.90 Å². The van der Waals surface area contributed by atoms with E-state index in [4.69, 9.17) is 0 Å². The van der Waals surface area contributed by atoms with E-state index in [-0.39, 0.29) is 0 Å². The summed E-state index contributed by atoms with van der Waals surface area (Å²) in [5.74, 6) is 0. The van der Waals surface area contributed by atoms with E-state index < -0.39 is 0 Å². The molecule has 3 heteroatoms. The van der Waals surface area contributed by atoms with Crippen LogP contribution in [-0.2, 0) is 0 Å². The lowest BCUT2D eigenvalue weighted by atomic mass is 9.99. The molecule has 0 saturated carbocycles. The average molecular weight is 667 g/mol.